The normalized spacial score (nSPS) is 11.4. The zero-order valence-electron chi connectivity index (χ0n) is 8.72. The smallest absolute Gasteiger partial charge is 0.0864 e. The zero-order chi connectivity index (χ0) is 12.2. The van der Waals surface area contributed by atoms with Crippen LogP contribution in [0.3, 0.4) is 0 Å². The van der Waals surface area contributed by atoms with E-state index in [-0.39, 0.29) is 0 Å². The van der Waals surface area contributed by atoms with Gasteiger partial charge in [0, 0.05) is 16.3 Å². The van der Waals surface area contributed by atoms with Crippen LogP contribution < -0.4 is 11.5 Å². The molecular weight excluding hydrogens is 257 g/mol. The molecule has 5 N–H and O–H groups in total. The molecule has 3 nitrogen and oxygen atoms in total. The van der Waals surface area contributed by atoms with Crippen LogP contribution in [-0.4, -0.2) is 4.98 Å². The third-order valence-electron chi connectivity index (χ3n) is 2.91. The van der Waals surface area contributed by atoms with Gasteiger partial charge in [-0.2, -0.15) is 0 Å². The predicted molar refractivity (Wildman–Crippen MR) is 74.6 cm³/mol. The van der Waals surface area contributed by atoms with Gasteiger partial charge in [0.1, 0.15) is 0 Å². The minimum absolute atomic E-state index is 0.295. The van der Waals surface area contributed by atoms with E-state index in [2.05, 4.69) is 4.98 Å². The van der Waals surface area contributed by atoms with Crippen LogP contribution in [0.1, 0.15) is 0 Å². The van der Waals surface area contributed by atoms with Crippen LogP contribution in [0, 0.1) is 0 Å². The largest absolute Gasteiger partial charge is 0.396 e. The molecule has 0 atom stereocenters. The second kappa shape index (κ2) is 3.45. The molecule has 0 unspecified atom stereocenters. The third kappa shape index (κ3) is 1.30. The number of H-pyrrole nitrogens is 1. The van der Waals surface area contributed by atoms with Gasteiger partial charge in [0.15, 0.2) is 0 Å². The molecule has 0 radical (unpaired) electrons. The number of nitrogens with one attached hydrogen (secondary N) is 1. The van der Waals surface area contributed by atoms with Crippen molar-refractivity contribution in [1.82, 2.24) is 4.98 Å². The van der Waals surface area contributed by atoms with Gasteiger partial charge < -0.3 is 16.5 Å². The van der Waals surface area contributed by atoms with E-state index < -0.39 is 0 Å². The van der Waals surface area contributed by atoms with Crippen LogP contribution >= 0.6 is 23.2 Å². The Hall–Kier alpha value is -1.58. The standard InChI is InChI=1S/C12H9Cl2N3/c13-8-9(14)12-7(10(15)11(8)16)5-3-1-2-4-6(5)17-12/h1-4,17H,15-16H2. The first kappa shape index (κ1) is 10.6. The summed E-state index contributed by atoms with van der Waals surface area (Å²) < 4.78 is 0. The molecule has 0 fully saturated rings. The first-order chi connectivity index (χ1) is 8.11. The highest BCUT2D eigenvalue weighted by Gasteiger charge is 2.17. The number of nitrogen functional groups attached to an aromatic ring is 2. The molecule has 0 amide bonds. The fourth-order valence-electron chi connectivity index (χ4n) is 2.07. The quantitative estimate of drug-likeness (QED) is 0.542. The molecule has 17 heavy (non-hydrogen) atoms. The summed E-state index contributed by atoms with van der Waals surface area (Å²) in [6.45, 7) is 0. The fraction of sp³-hybridized carbons (Fsp3) is 0. The first-order valence-corrected chi connectivity index (χ1v) is 5.79. The summed E-state index contributed by atoms with van der Waals surface area (Å²) in [7, 11) is 0. The number of benzene rings is 2. The van der Waals surface area contributed by atoms with E-state index in [9.17, 15) is 0 Å². The van der Waals surface area contributed by atoms with Gasteiger partial charge in [0.05, 0.1) is 26.9 Å². The van der Waals surface area contributed by atoms with Gasteiger partial charge in [-0.3, -0.25) is 0 Å². The average Bonchev–Trinajstić information content (AvgIpc) is 2.73. The van der Waals surface area contributed by atoms with Crippen molar-refractivity contribution in [2.24, 2.45) is 0 Å². The Kier molecular flexibility index (Phi) is 2.15. The number of hydrogen-bond acceptors (Lipinski definition) is 2. The molecule has 3 rings (SSSR count). The van der Waals surface area contributed by atoms with Crippen molar-refractivity contribution in [1.29, 1.82) is 0 Å². The van der Waals surface area contributed by atoms with E-state index in [0.29, 0.717) is 21.4 Å². The van der Waals surface area contributed by atoms with Gasteiger partial charge in [-0.05, 0) is 6.07 Å². The number of para-hydroxylation sites is 1. The molecule has 1 aromatic heterocycles. The van der Waals surface area contributed by atoms with Crippen LogP contribution in [0.4, 0.5) is 11.4 Å². The molecule has 2 aromatic carbocycles. The van der Waals surface area contributed by atoms with E-state index in [1.807, 2.05) is 24.3 Å². The maximum atomic E-state index is 6.18. The minimum Gasteiger partial charge on any atom is -0.396 e. The van der Waals surface area contributed by atoms with E-state index in [1.54, 1.807) is 0 Å². The zero-order valence-corrected chi connectivity index (χ0v) is 10.2. The summed E-state index contributed by atoms with van der Waals surface area (Å²) in [6, 6.07) is 7.80. The molecule has 0 aliphatic heterocycles. The van der Waals surface area contributed by atoms with Gasteiger partial charge in [0.2, 0.25) is 0 Å². The molecule has 0 spiro atoms. The molecule has 3 aromatic rings. The van der Waals surface area contributed by atoms with Gasteiger partial charge in [-0.25, -0.2) is 0 Å². The molecule has 86 valence electrons. The van der Waals surface area contributed by atoms with Gasteiger partial charge >= 0.3 is 0 Å². The van der Waals surface area contributed by atoms with Gasteiger partial charge in [-0.15, -0.1) is 0 Å². The fourth-order valence-corrected chi connectivity index (χ4v) is 2.51. The molecular formula is C12H9Cl2N3. The van der Waals surface area contributed by atoms with Crippen molar-refractivity contribution < 1.29 is 0 Å². The molecule has 0 aliphatic rings. The van der Waals surface area contributed by atoms with Crippen molar-refractivity contribution in [3.8, 4) is 0 Å². The molecule has 0 bridgehead atoms. The molecule has 0 saturated carbocycles. The summed E-state index contributed by atoms with van der Waals surface area (Å²) >= 11 is 12.2. The summed E-state index contributed by atoms with van der Waals surface area (Å²) in [5.41, 5.74) is 14.3. The Labute approximate surface area is 107 Å². The van der Waals surface area contributed by atoms with Crippen molar-refractivity contribution in [2.75, 3.05) is 11.5 Å². The lowest BCUT2D eigenvalue weighted by Crippen LogP contribution is -1.96. The Morgan fingerprint density at radius 3 is 2.41 bits per heavy atom. The first-order valence-electron chi connectivity index (χ1n) is 5.03. The summed E-state index contributed by atoms with van der Waals surface area (Å²) in [5, 5.41) is 2.52. The van der Waals surface area contributed by atoms with Crippen LogP contribution in [0.2, 0.25) is 10.0 Å². The lowest BCUT2D eigenvalue weighted by Gasteiger charge is -2.07. The molecule has 0 aliphatic carbocycles. The maximum Gasteiger partial charge on any atom is 0.0864 e. The lowest BCUT2D eigenvalue weighted by molar-refractivity contribution is 1.54. The predicted octanol–water partition coefficient (Wildman–Crippen LogP) is 3.79. The Morgan fingerprint density at radius 2 is 1.65 bits per heavy atom. The maximum absolute atomic E-state index is 6.18. The average molecular weight is 266 g/mol. The van der Waals surface area contributed by atoms with Crippen molar-refractivity contribution in [3.63, 3.8) is 0 Å². The van der Waals surface area contributed by atoms with Crippen molar-refractivity contribution in [2.45, 2.75) is 0 Å². The van der Waals surface area contributed by atoms with Gasteiger partial charge in [0.25, 0.3) is 0 Å². The van der Waals surface area contributed by atoms with E-state index in [4.69, 9.17) is 34.7 Å². The Morgan fingerprint density at radius 1 is 0.941 bits per heavy atom. The topological polar surface area (TPSA) is 67.8 Å². The number of anilines is 2. The van der Waals surface area contributed by atoms with Crippen LogP contribution in [-0.2, 0) is 0 Å². The summed E-state index contributed by atoms with van der Waals surface area (Å²) in [6.07, 6.45) is 0. The molecule has 0 saturated heterocycles. The number of nitrogens with two attached hydrogens (primary N) is 2. The second-order valence-electron chi connectivity index (χ2n) is 3.88. The Balaban J connectivity index is 2.67. The highest BCUT2D eigenvalue weighted by molar-refractivity contribution is 6.48. The van der Waals surface area contributed by atoms with Gasteiger partial charge in [-0.1, -0.05) is 41.4 Å². The van der Waals surface area contributed by atoms with Crippen LogP contribution in [0.5, 0.6) is 0 Å². The van der Waals surface area contributed by atoms with E-state index >= 15 is 0 Å². The molecule has 1 heterocycles. The number of halogens is 2. The second-order valence-corrected chi connectivity index (χ2v) is 4.63. The van der Waals surface area contributed by atoms with Crippen molar-refractivity contribution >= 4 is 56.4 Å². The summed E-state index contributed by atoms with van der Waals surface area (Å²) in [5.74, 6) is 0. The number of aromatic amines is 1. The lowest BCUT2D eigenvalue weighted by atomic mass is 10.1. The van der Waals surface area contributed by atoms with Crippen molar-refractivity contribution in [3.05, 3.63) is 34.3 Å². The van der Waals surface area contributed by atoms with E-state index in [1.165, 1.54) is 0 Å². The molecule has 5 heteroatoms. The highest BCUT2D eigenvalue weighted by Crippen LogP contribution is 2.43. The van der Waals surface area contributed by atoms with E-state index in [0.717, 1.165) is 21.8 Å². The Bertz CT molecular complexity index is 746. The number of rotatable bonds is 0. The SMILES string of the molecule is Nc1c(Cl)c(Cl)c2[nH]c3ccccc3c2c1N. The number of hydrogen-bond donors (Lipinski definition) is 3. The highest BCUT2D eigenvalue weighted by atomic mass is 35.5. The summed E-state index contributed by atoms with van der Waals surface area (Å²) in [4.78, 5) is 3.20. The number of aromatic nitrogens is 1. The monoisotopic (exact) mass is 265 g/mol. The number of fused-ring (bicyclic) bond motifs is 3. The third-order valence-corrected chi connectivity index (χ3v) is 3.78. The van der Waals surface area contributed by atoms with Crippen LogP contribution in [0.25, 0.3) is 21.8 Å². The van der Waals surface area contributed by atoms with Crippen LogP contribution in [0.15, 0.2) is 24.3 Å². The minimum atomic E-state index is 0.295.